The number of hydrogen-bond acceptors (Lipinski definition) is 3. The number of anilines is 1. The van der Waals surface area contributed by atoms with E-state index in [1.165, 1.54) is 11.8 Å². The number of sulfone groups is 1. The van der Waals surface area contributed by atoms with Gasteiger partial charge in [0.1, 0.15) is 0 Å². The molecule has 0 spiro atoms. The van der Waals surface area contributed by atoms with Gasteiger partial charge in [0.25, 0.3) is 0 Å². The lowest BCUT2D eigenvalue weighted by molar-refractivity contribution is 0.602. The molecule has 0 radical (unpaired) electrons. The monoisotopic (exact) mass is 264 g/mol. The Hall–Kier alpha value is -1.75. The van der Waals surface area contributed by atoms with Gasteiger partial charge in [-0.3, -0.25) is 0 Å². The van der Waals surface area contributed by atoms with Crippen molar-refractivity contribution in [1.29, 1.82) is 0 Å². The minimum atomic E-state index is -3.11. The topological polar surface area (TPSA) is 51.1 Å². The Morgan fingerprint density at radius 2 is 1.83 bits per heavy atom. The summed E-state index contributed by atoms with van der Waals surface area (Å²) in [4.78, 5) is 0.341. The number of nitrogens with zero attached hydrogens (tertiary/aromatic N) is 1. The Balaban J connectivity index is 2.03. The molecule has 0 aliphatic rings. The molecule has 18 heavy (non-hydrogen) atoms. The van der Waals surface area contributed by atoms with Crippen molar-refractivity contribution in [3.63, 3.8) is 0 Å². The molecule has 96 valence electrons. The summed E-state index contributed by atoms with van der Waals surface area (Å²) >= 11 is 0. The molecule has 0 bridgehead atoms. The van der Waals surface area contributed by atoms with Gasteiger partial charge in [-0.25, -0.2) is 8.42 Å². The van der Waals surface area contributed by atoms with Crippen LogP contribution in [0.15, 0.2) is 47.6 Å². The van der Waals surface area contributed by atoms with Gasteiger partial charge >= 0.3 is 0 Å². The molecule has 0 aliphatic carbocycles. The van der Waals surface area contributed by atoms with Gasteiger partial charge in [-0.2, -0.15) is 0 Å². The smallest absolute Gasteiger partial charge is 0.175 e. The van der Waals surface area contributed by atoms with E-state index < -0.39 is 9.84 Å². The van der Waals surface area contributed by atoms with E-state index in [0.29, 0.717) is 4.90 Å². The first-order valence-corrected chi connectivity index (χ1v) is 7.49. The van der Waals surface area contributed by atoms with Crippen molar-refractivity contribution in [1.82, 2.24) is 4.57 Å². The molecular formula is C13H16N2O2S. The summed E-state index contributed by atoms with van der Waals surface area (Å²) in [6.07, 6.45) is 5.24. The zero-order chi connectivity index (χ0) is 13.2. The summed E-state index contributed by atoms with van der Waals surface area (Å²) in [5.74, 6) is 0. The van der Waals surface area contributed by atoms with E-state index in [1.54, 1.807) is 24.3 Å². The van der Waals surface area contributed by atoms with Crippen LogP contribution in [0.25, 0.3) is 0 Å². The molecule has 1 aromatic heterocycles. The third-order valence-electron chi connectivity index (χ3n) is 2.67. The molecule has 4 nitrogen and oxygen atoms in total. The van der Waals surface area contributed by atoms with E-state index in [2.05, 4.69) is 5.32 Å². The third kappa shape index (κ3) is 3.13. The Kier molecular flexibility index (Phi) is 3.43. The summed E-state index contributed by atoms with van der Waals surface area (Å²) in [6.45, 7) is 0.721. The Morgan fingerprint density at radius 1 is 1.17 bits per heavy atom. The second-order valence-corrected chi connectivity index (χ2v) is 6.35. The van der Waals surface area contributed by atoms with Crippen molar-refractivity contribution in [2.75, 3.05) is 11.6 Å². The summed E-state index contributed by atoms with van der Waals surface area (Å²) in [5, 5.41) is 3.24. The number of aryl methyl sites for hydroxylation is 1. The lowest BCUT2D eigenvalue weighted by Gasteiger charge is -2.05. The zero-order valence-electron chi connectivity index (χ0n) is 10.4. The molecule has 2 aromatic rings. The first-order chi connectivity index (χ1) is 8.45. The first-order valence-electron chi connectivity index (χ1n) is 5.60. The number of hydrogen-bond donors (Lipinski definition) is 1. The molecule has 0 amide bonds. The van der Waals surface area contributed by atoms with Crippen molar-refractivity contribution in [2.45, 2.75) is 11.4 Å². The first kappa shape index (κ1) is 12.7. The molecule has 0 unspecified atom stereocenters. The van der Waals surface area contributed by atoms with Crippen LogP contribution in [0.5, 0.6) is 0 Å². The SMILES string of the molecule is Cn1ccc(CNc2ccc(S(C)(=O)=O)cc2)c1. The largest absolute Gasteiger partial charge is 0.381 e. The van der Waals surface area contributed by atoms with Crippen LogP contribution >= 0.6 is 0 Å². The van der Waals surface area contributed by atoms with Crippen LogP contribution in [0.2, 0.25) is 0 Å². The van der Waals surface area contributed by atoms with Gasteiger partial charge in [0.2, 0.25) is 0 Å². The lowest BCUT2D eigenvalue weighted by Crippen LogP contribution is -2.00. The highest BCUT2D eigenvalue weighted by Crippen LogP contribution is 2.14. The average molecular weight is 264 g/mol. The molecule has 0 atom stereocenters. The summed E-state index contributed by atoms with van der Waals surface area (Å²) in [5.41, 5.74) is 2.09. The fourth-order valence-corrected chi connectivity index (χ4v) is 2.32. The molecule has 0 aliphatic heterocycles. The number of rotatable bonds is 4. The van der Waals surface area contributed by atoms with Crippen LogP contribution in [-0.2, 0) is 23.4 Å². The molecule has 0 fully saturated rings. The van der Waals surface area contributed by atoms with E-state index in [1.807, 2.05) is 30.1 Å². The van der Waals surface area contributed by atoms with Gasteiger partial charge in [-0.15, -0.1) is 0 Å². The highest BCUT2D eigenvalue weighted by Gasteiger charge is 2.05. The van der Waals surface area contributed by atoms with Crippen LogP contribution < -0.4 is 5.32 Å². The fourth-order valence-electron chi connectivity index (χ4n) is 1.69. The maximum atomic E-state index is 11.3. The van der Waals surface area contributed by atoms with Gasteiger partial charge in [0, 0.05) is 37.9 Å². The molecule has 2 rings (SSSR count). The van der Waals surface area contributed by atoms with Gasteiger partial charge in [0.15, 0.2) is 9.84 Å². The van der Waals surface area contributed by atoms with Crippen LogP contribution in [-0.4, -0.2) is 19.2 Å². The average Bonchev–Trinajstić information content (AvgIpc) is 2.72. The van der Waals surface area contributed by atoms with Gasteiger partial charge in [-0.05, 0) is 35.9 Å². The molecule has 1 aromatic carbocycles. The van der Waals surface area contributed by atoms with E-state index in [-0.39, 0.29) is 0 Å². The van der Waals surface area contributed by atoms with Crippen molar-refractivity contribution in [2.24, 2.45) is 7.05 Å². The van der Waals surface area contributed by atoms with Crippen molar-refractivity contribution < 1.29 is 8.42 Å². The van der Waals surface area contributed by atoms with E-state index in [4.69, 9.17) is 0 Å². The summed E-state index contributed by atoms with van der Waals surface area (Å²) < 4.78 is 24.6. The molecular weight excluding hydrogens is 248 g/mol. The van der Waals surface area contributed by atoms with Crippen LogP contribution in [0.3, 0.4) is 0 Å². The quantitative estimate of drug-likeness (QED) is 0.919. The standard InChI is InChI=1S/C13H16N2O2S/c1-15-8-7-11(10-15)9-14-12-3-5-13(6-4-12)18(2,16)17/h3-8,10,14H,9H2,1-2H3. The highest BCUT2D eigenvalue weighted by molar-refractivity contribution is 7.90. The van der Waals surface area contributed by atoms with E-state index in [9.17, 15) is 8.42 Å². The Labute approximate surface area is 107 Å². The minimum Gasteiger partial charge on any atom is -0.381 e. The number of nitrogens with one attached hydrogen (secondary N) is 1. The maximum absolute atomic E-state index is 11.3. The number of aromatic nitrogens is 1. The fraction of sp³-hybridized carbons (Fsp3) is 0.231. The van der Waals surface area contributed by atoms with Gasteiger partial charge in [-0.1, -0.05) is 0 Å². The summed E-state index contributed by atoms with van der Waals surface area (Å²) in [7, 11) is -1.14. The molecule has 0 saturated carbocycles. The van der Waals surface area contributed by atoms with E-state index in [0.717, 1.165) is 12.2 Å². The molecule has 5 heteroatoms. The van der Waals surface area contributed by atoms with Crippen molar-refractivity contribution >= 4 is 15.5 Å². The highest BCUT2D eigenvalue weighted by atomic mass is 32.2. The minimum absolute atomic E-state index is 0.341. The normalized spacial score (nSPS) is 11.4. The van der Waals surface area contributed by atoms with Crippen LogP contribution in [0, 0.1) is 0 Å². The third-order valence-corrected chi connectivity index (χ3v) is 3.80. The van der Waals surface area contributed by atoms with E-state index >= 15 is 0 Å². The Morgan fingerprint density at radius 3 is 2.33 bits per heavy atom. The predicted octanol–water partition coefficient (Wildman–Crippen LogP) is 2.04. The maximum Gasteiger partial charge on any atom is 0.175 e. The zero-order valence-corrected chi connectivity index (χ0v) is 11.2. The summed E-state index contributed by atoms with van der Waals surface area (Å²) in [6, 6.07) is 8.82. The lowest BCUT2D eigenvalue weighted by atomic mass is 10.3. The van der Waals surface area contributed by atoms with Crippen molar-refractivity contribution in [3.05, 3.63) is 48.3 Å². The van der Waals surface area contributed by atoms with Crippen molar-refractivity contribution in [3.8, 4) is 0 Å². The molecule has 1 heterocycles. The van der Waals surface area contributed by atoms with Crippen LogP contribution in [0.4, 0.5) is 5.69 Å². The molecule has 1 N–H and O–H groups in total. The van der Waals surface area contributed by atoms with Crippen LogP contribution in [0.1, 0.15) is 5.56 Å². The molecule has 0 saturated heterocycles. The predicted molar refractivity (Wildman–Crippen MR) is 72.3 cm³/mol. The second-order valence-electron chi connectivity index (χ2n) is 4.34. The van der Waals surface area contributed by atoms with Gasteiger partial charge < -0.3 is 9.88 Å². The van der Waals surface area contributed by atoms with Gasteiger partial charge in [0.05, 0.1) is 4.90 Å². The Bertz CT molecular complexity index is 627. The number of benzene rings is 1. The second kappa shape index (κ2) is 4.86.